The molecule has 2 amide bonds. The quantitative estimate of drug-likeness (QED) is 0.469. The monoisotopic (exact) mass is 481 g/mol. The Morgan fingerprint density at radius 1 is 1.00 bits per heavy atom. The van der Waals surface area contributed by atoms with Gasteiger partial charge in [0.05, 0.1) is 19.4 Å². The van der Waals surface area contributed by atoms with Gasteiger partial charge in [0.2, 0.25) is 5.91 Å². The van der Waals surface area contributed by atoms with Gasteiger partial charge in [-0.15, -0.1) is 0 Å². The summed E-state index contributed by atoms with van der Waals surface area (Å²) in [5.74, 6) is 0.654. The van der Waals surface area contributed by atoms with E-state index in [1.54, 1.807) is 6.26 Å². The first-order chi connectivity index (χ1) is 15.0. The molecule has 0 unspecified atom stereocenters. The lowest BCUT2D eigenvalue weighted by Crippen LogP contribution is -2.32. The van der Waals surface area contributed by atoms with E-state index < -0.39 is 0 Å². The molecule has 1 aliphatic carbocycles. The predicted molar refractivity (Wildman–Crippen MR) is 123 cm³/mol. The minimum Gasteiger partial charge on any atom is -0.468 e. The third-order valence-corrected chi connectivity index (χ3v) is 5.52. The Balaban J connectivity index is 1.39. The normalized spacial score (nSPS) is 13.2. The number of hydrogen-bond donors (Lipinski definition) is 2. The van der Waals surface area contributed by atoms with E-state index in [4.69, 9.17) is 4.42 Å². The number of carbonyl (C=O) groups excluding carboxylic acids is 2. The van der Waals surface area contributed by atoms with Crippen LogP contribution in [0.1, 0.15) is 34.5 Å². The number of nitrogens with zero attached hydrogens (tertiary/aromatic N) is 1. The topological polar surface area (TPSA) is 74.6 Å². The second kappa shape index (κ2) is 9.94. The zero-order chi connectivity index (χ0) is 21.6. The van der Waals surface area contributed by atoms with Crippen LogP contribution in [-0.4, -0.2) is 29.3 Å². The van der Waals surface area contributed by atoms with E-state index in [-0.39, 0.29) is 18.4 Å². The Morgan fingerprint density at radius 3 is 2.39 bits per heavy atom. The number of anilines is 1. The molecule has 7 heteroatoms. The van der Waals surface area contributed by atoms with Gasteiger partial charge in [-0.25, -0.2) is 0 Å². The molecule has 3 aromatic rings. The van der Waals surface area contributed by atoms with Gasteiger partial charge in [-0.1, -0.05) is 28.1 Å². The maximum atomic E-state index is 12.6. The molecule has 2 aromatic carbocycles. The van der Waals surface area contributed by atoms with Crippen molar-refractivity contribution >= 4 is 33.4 Å². The summed E-state index contributed by atoms with van der Waals surface area (Å²) in [6.45, 7) is 1.27. The summed E-state index contributed by atoms with van der Waals surface area (Å²) in [5, 5.41) is 5.92. The number of amides is 2. The fourth-order valence-corrected chi connectivity index (χ4v) is 3.51. The molecular formula is C24H24BrN3O3. The van der Waals surface area contributed by atoms with Gasteiger partial charge in [0, 0.05) is 28.3 Å². The molecule has 0 atom stereocenters. The van der Waals surface area contributed by atoms with Crippen LogP contribution in [-0.2, 0) is 17.9 Å². The van der Waals surface area contributed by atoms with Crippen LogP contribution in [0.3, 0.4) is 0 Å². The third-order valence-electron chi connectivity index (χ3n) is 4.99. The molecule has 0 aliphatic heterocycles. The molecule has 6 nitrogen and oxygen atoms in total. The third kappa shape index (κ3) is 6.54. The highest BCUT2D eigenvalue weighted by Crippen LogP contribution is 2.20. The van der Waals surface area contributed by atoms with E-state index in [1.807, 2.05) is 65.6 Å². The second-order valence-corrected chi connectivity index (χ2v) is 8.64. The van der Waals surface area contributed by atoms with Gasteiger partial charge in [-0.3, -0.25) is 14.5 Å². The van der Waals surface area contributed by atoms with Gasteiger partial charge in [-0.2, -0.15) is 0 Å². The van der Waals surface area contributed by atoms with Crippen LogP contribution < -0.4 is 10.6 Å². The number of halogens is 1. The van der Waals surface area contributed by atoms with Gasteiger partial charge in [0.25, 0.3) is 5.91 Å². The molecule has 0 saturated heterocycles. The Kier molecular flexibility index (Phi) is 6.84. The number of benzene rings is 2. The van der Waals surface area contributed by atoms with Crippen molar-refractivity contribution in [2.75, 3.05) is 11.9 Å². The molecule has 4 rings (SSSR count). The van der Waals surface area contributed by atoms with E-state index >= 15 is 0 Å². The minimum absolute atomic E-state index is 0.0321. The van der Waals surface area contributed by atoms with Crippen molar-refractivity contribution in [3.63, 3.8) is 0 Å². The van der Waals surface area contributed by atoms with Crippen LogP contribution in [0.25, 0.3) is 0 Å². The van der Waals surface area contributed by atoms with Crippen molar-refractivity contribution in [3.8, 4) is 0 Å². The van der Waals surface area contributed by atoms with Crippen LogP contribution in [0.5, 0.6) is 0 Å². The molecule has 0 bridgehead atoms. The smallest absolute Gasteiger partial charge is 0.251 e. The fraction of sp³-hybridized carbons (Fsp3) is 0.250. The Morgan fingerprint density at radius 2 is 1.74 bits per heavy atom. The first-order valence-corrected chi connectivity index (χ1v) is 11.0. The second-order valence-electron chi connectivity index (χ2n) is 7.72. The molecule has 0 spiro atoms. The van der Waals surface area contributed by atoms with Crippen LogP contribution >= 0.6 is 15.9 Å². The molecule has 1 heterocycles. The first kappa shape index (κ1) is 21.3. The van der Waals surface area contributed by atoms with E-state index in [9.17, 15) is 9.59 Å². The van der Waals surface area contributed by atoms with E-state index in [2.05, 4.69) is 26.6 Å². The largest absolute Gasteiger partial charge is 0.468 e. The van der Waals surface area contributed by atoms with Crippen LogP contribution in [0.4, 0.5) is 5.69 Å². The summed E-state index contributed by atoms with van der Waals surface area (Å²) in [6, 6.07) is 19.1. The van der Waals surface area contributed by atoms with Crippen LogP contribution in [0, 0.1) is 0 Å². The molecule has 1 saturated carbocycles. The zero-order valence-electron chi connectivity index (χ0n) is 17.0. The van der Waals surface area contributed by atoms with E-state index in [1.165, 1.54) is 0 Å². The molecule has 0 radical (unpaired) electrons. The van der Waals surface area contributed by atoms with Gasteiger partial charge in [0.1, 0.15) is 5.76 Å². The van der Waals surface area contributed by atoms with Crippen LogP contribution in [0.15, 0.2) is 75.8 Å². The van der Waals surface area contributed by atoms with Crippen molar-refractivity contribution < 1.29 is 14.0 Å². The summed E-state index contributed by atoms with van der Waals surface area (Å²) in [4.78, 5) is 26.8. The van der Waals surface area contributed by atoms with Gasteiger partial charge in [0.15, 0.2) is 0 Å². The molecule has 1 aromatic heterocycles. The number of furan rings is 1. The summed E-state index contributed by atoms with van der Waals surface area (Å²) in [7, 11) is 0. The molecule has 31 heavy (non-hydrogen) atoms. The molecule has 1 aliphatic rings. The highest BCUT2D eigenvalue weighted by molar-refractivity contribution is 9.10. The zero-order valence-corrected chi connectivity index (χ0v) is 18.6. The highest BCUT2D eigenvalue weighted by atomic mass is 79.9. The molecular weight excluding hydrogens is 458 g/mol. The maximum Gasteiger partial charge on any atom is 0.251 e. The molecule has 2 N–H and O–H groups in total. The highest BCUT2D eigenvalue weighted by Gasteiger charge is 2.23. The summed E-state index contributed by atoms with van der Waals surface area (Å²) < 4.78 is 6.43. The Hall–Kier alpha value is -2.90. The average molecular weight is 482 g/mol. The first-order valence-electron chi connectivity index (χ1n) is 10.2. The van der Waals surface area contributed by atoms with Crippen molar-refractivity contribution in [3.05, 3.63) is 88.3 Å². The van der Waals surface area contributed by atoms with Gasteiger partial charge in [-0.05, 0) is 66.9 Å². The van der Waals surface area contributed by atoms with Crippen molar-refractivity contribution in [1.82, 2.24) is 10.2 Å². The minimum atomic E-state index is -0.102. The van der Waals surface area contributed by atoms with Crippen molar-refractivity contribution in [2.24, 2.45) is 0 Å². The Labute approximate surface area is 189 Å². The maximum absolute atomic E-state index is 12.6. The van der Waals surface area contributed by atoms with E-state index in [0.717, 1.165) is 34.3 Å². The van der Waals surface area contributed by atoms with Gasteiger partial charge >= 0.3 is 0 Å². The summed E-state index contributed by atoms with van der Waals surface area (Å²) in [5.41, 5.74) is 2.42. The predicted octanol–water partition coefficient (Wildman–Crippen LogP) is 4.58. The number of hydrogen-bond acceptors (Lipinski definition) is 4. The SMILES string of the molecule is O=C(CN(Cc1ccc(C(=O)NC2CC2)cc1)Cc1ccco1)Nc1ccc(Br)cc1. The Bertz CT molecular complexity index is 1010. The summed E-state index contributed by atoms with van der Waals surface area (Å²) >= 11 is 3.39. The lowest BCUT2D eigenvalue weighted by molar-refractivity contribution is -0.117. The standard InChI is InChI=1S/C24H24BrN3O3/c25-19-7-9-20(10-8-19)26-23(29)16-28(15-22-2-1-13-31-22)14-17-3-5-18(6-4-17)24(30)27-21-11-12-21/h1-10,13,21H,11-12,14-16H2,(H,26,29)(H,27,30). The van der Waals surface area contributed by atoms with Crippen molar-refractivity contribution in [1.29, 1.82) is 0 Å². The van der Waals surface area contributed by atoms with Gasteiger partial charge < -0.3 is 15.1 Å². The van der Waals surface area contributed by atoms with Crippen LogP contribution in [0.2, 0.25) is 0 Å². The fourth-order valence-electron chi connectivity index (χ4n) is 3.24. The van der Waals surface area contributed by atoms with Crippen molar-refractivity contribution in [2.45, 2.75) is 32.0 Å². The average Bonchev–Trinajstić information content (AvgIpc) is 3.42. The number of carbonyl (C=O) groups is 2. The lowest BCUT2D eigenvalue weighted by Gasteiger charge is -2.21. The lowest BCUT2D eigenvalue weighted by atomic mass is 10.1. The van der Waals surface area contributed by atoms with E-state index in [0.29, 0.717) is 24.7 Å². The summed E-state index contributed by atoms with van der Waals surface area (Å²) in [6.07, 6.45) is 3.75. The number of rotatable bonds is 9. The molecule has 1 fully saturated rings. The number of nitrogens with one attached hydrogen (secondary N) is 2. The molecule has 160 valence electrons.